The Labute approximate surface area is 163 Å². The van der Waals surface area contributed by atoms with E-state index in [0.717, 1.165) is 19.4 Å². The number of carbonyl (C=O) groups is 1. The number of fused-ring (bicyclic) bond motifs is 1. The van der Waals surface area contributed by atoms with Crippen molar-refractivity contribution in [3.8, 4) is 0 Å². The lowest BCUT2D eigenvalue weighted by Gasteiger charge is -2.53. The molecule has 1 aromatic rings. The molecule has 1 amide bonds. The van der Waals surface area contributed by atoms with E-state index >= 15 is 0 Å². The standard InChI is InChI=1S/C23H33NO3/c1-22(2)17-14-18-19(13-16-7-5-4-6-8-16)27-12-10-23(18,15-17)21(22)24-20(25)9-11-26-3/h4-8,17-19,21H,9-15H2,1-3H3,(H,24,25)/t17-,18-,19-,21+,23-/m1/s1. The molecule has 1 spiro atoms. The normalized spacial score (nSPS) is 36.4. The van der Waals surface area contributed by atoms with E-state index in [1.54, 1.807) is 7.11 Å². The minimum atomic E-state index is 0.127. The van der Waals surface area contributed by atoms with Crippen molar-refractivity contribution in [1.82, 2.24) is 5.32 Å². The van der Waals surface area contributed by atoms with Gasteiger partial charge >= 0.3 is 0 Å². The SMILES string of the molecule is COCCC(=O)N[C@H]1C(C)(C)[C@@H]2C[C@@H]3[C@@H](Cc4ccccc4)OCC[C@@]31C2. The molecule has 0 aromatic heterocycles. The highest BCUT2D eigenvalue weighted by atomic mass is 16.5. The molecule has 3 fully saturated rings. The number of hydrogen-bond donors (Lipinski definition) is 1. The van der Waals surface area contributed by atoms with Crippen LogP contribution in [0.1, 0.15) is 45.1 Å². The molecular formula is C23H33NO3. The maximum Gasteiger partial charge on any atom is 0.222 e. The van der Waals surface area contributed by atoms with Gasteiger partial charge in [0.05, 0.1) is 12.7 Å². The van der Waals surface area contributed by atoms with E-state index in [1.165, 1.54) is 18.4 Å². The molecule has 3 aliphatic rings. The largest absolute Gasteiger partial charge is 0.384 e. The molecule has 148 valence electrons. The zero-order chi connectivity index (χ0) is 19.1. The Balaban J connectivity index is 1.56. The first-order chi connectivity index (χ1) is 13.0. The van der Waals surface area contributed by atoms with Gasteiger partial charge in [0.1, 0.15) is 0 Å². The van der Waals surface area contributed by atoms with Crippen LogP contribution in [0, 0.1) is 22.7 Å². The van der Waals surface area contributed by atoms with Crippen LogP contribution in [0.25, 0.3) is 0 Å². The molecule has 4 heteroatoms. The molecule has 4 nitrogen and oxygen atoms in total. The van der Waals surface area contributed by atoms with Crippen LogP contribution in [0.5, 0.6) is 0 Å². The molecule has 1 N–H and O–H groups in total. The van der Waals surface area contributed by atoms with E-state index in [1.807, 2.05) is 0 Å². The fourth-order valence-corrected chi connectivity index (χ4v) is 6.39. The molecule has 1 aromatic carbocycles. The van der Waals surface area contributed by atoms with Crippen molar-refractivity contribution >= 4 is 5.91 Å². The first kappa shape index (κ1) is 18.9. The number of carbonyl (C=O) groups excluding carboxylic acids is 1. The molecule has 2 aliphatic carbocycles. The number of hydrogen-bond acceptors (Lipinski definition) is 3. The quantitative estimate of drug-likeness (QED) is 0.831. The van der Waals surface area contributed by atoms with Gasteiger partial charge in [-0.05, 0) is 53.9 Å². The molecule has 27 heavy (non-hydrogen) atoms. The van der Waals surface area contributed by atoms with Crippen molar-refractivity contribution in [1.29, 1.82) is 0 Å². The zero-order valence-corrected chi connectivity index (χ0v) is 16.9. The van der Waals surface area contributed by atoms with Gasteiger partial charge in [-0.1, -0.05) is 44.2 Å². The van der Waals surface area contributed by atoms with Gasteiger partial charge in [-0.3, -0.25) is 4.79 Å². The third-order valence-electron chi connectivity index (χ3n) is 7.74. The van der Waals surface area contributed by atoms with Crippen LogP contribution >= 0.6 is 0 Å². The summed E-state index contributed by atoms with van der Waals surface area (Å²) < 4.78 is 11.4. The Morgan fingerprint density at radius 2 is 2.07 bits per heavy atom. The Hall–Kier alpha value is -1.39. The van der Waals surface area contributed by atoms with Crippen LogP contribution < -0.4 is 5.32 Å². The number of rotatable bonds is 6. The van der Waals surface area contributed by atoms with Crippen LogP contribution in [0.2, 0.25) is 0 Å². The highest BCUT2D eigenvalue weighted by Gasteiger charge is 2.68. The number of methoxy groups -OCH3 is 1. The smallest absolute Gasteiger partial charge is 0.222 e. The molecule has 4 rings (SSSR count). The molecule has 5 atom stereocenters. The minimum absolute atomic E-state index is 0.127. The summed E-state index contributed by atoms with van der Waals surface area (Å²) in [6.45, 7) is 6.00. The summed E-state index contributed by atoms with van der Waals surface area (Å²) in [5.41, 5.74) is 1.69. The lowest BCUT2D eigenvalue weighted by Crippen LogP contribution is -2.60. The summed E-state index contributed by atoms with van der Waals surface area (Å²) in [6.07, 6.45) is 5.21. The maximum absolute atomic E-state index is 12.5. The molecule has 0 unspecified atom stereocenters. The summed E-state index contributed by atoms with van der Waals surface area (Å²) in [6, 6.07) is 10.9. The van der Waals surface area contributed by atoms with Crippen molar-refractivity contribution < 1.29 is 14.3 Å². The Morgan fingerprint density at radius 1 is 1.30 bits per heavy atom. The van der Waals surface area contributed by atoms with Crippen LogP contribution in [-0.2, 0) is 20.7 Å². The fraction of sp³-hybridized carbons (Fsp3) is 0.696. The van der Waals surface area contributed by atoms with Gasteiger partial charge in [0, 0.05) is 26.2 Å². The van der Waals surface area contributed by atoms with E-state index in [2.05, 4.69) is 49.5 Å². The Kier molecular flexibility index (Phi) is 5.06. The Bertz CT molecular complexity index is 673. The maximum atomic E-state index is 12.5. The number of ether oxygens (including phenoxy) is 2. The second-order valence-electron chi connectivity index (χ2n) is 9.39. The number of nitrogens with one attached hydrogen (secondary N) is 1. The van der Waals surface area contributed by atoms with Gasteiger partial charge in [-0.2, -0.15) is 0 Å². The van der Waals surface area contributed by atoms with Crippen molar-refractivity contribution in [3.05, 3.63) is 35.9 Å². The second-order valence-corrected chi connectivity index (χ2v) is 9.39. The molecule has 2 saturated carbocycles. The van der Waals surface area contributed by atoms with Gasteiger partial charge in [-0.15, -0.1) is 0 Å². The highest BCUT2D eigenvalue weighted by molar-refractivity contribution is 5.76. The first-order valence-corrected chi connectivity index (χ1v) is 10.4. The van der Waals surface area contributed by atoms with Crippen molar-refractivity contribution in [3.63, 3.8) is 0 Å². The molecule has 0 radical (unpaired) electrons. The lowest BCUT2D eigenvalue weighted by atomic mass is 9.59. The van der Waals surface area contributed by atoms with E-state index in [-0.39, 0.29) is 28.9 Å². The lowest BCUT2D eigenvalue weighted by molar-refractivity contribution is -0.136. The summed E-state index contributed by atoms with van der Waals surface area (Å²) in [5, 5.41) is 3.44. The van der Waals surface area contributed by atoms with E-state index in [9.17, 15) is 4.79 Å². The summed E-state index contributed by atoms with van der Waals surface area (Å²) in [7, 11) is 1.65. The second kappa shape index (κ2) is 7.21. The third-order valence-corrected chi connectivity index (χ3v) is 7.74. The van der Waals surface area contributed by atoms with Crippen LogP contribution in [-0.4, -0.2) is 38.4 Å². The number of amides is 1. The summed E-state index contributed by atoms with van der Waals surface area (Å²) in [5.74, 6) is 1.33. The zero-order valence-electron chi connectivity index (χ0n) is 16.9. The summed E-state index contributed by atoms with van der Waals surface area (Å²) in [4.78, 5) is 12.5. The van der Waals surface area contributed by atoms with E-state index in [4.69, 9.17) is 9.47 Å². The number of benzene rings is 1. The first-order valence-electron chi connectivity index (χ1n) is 10.4. The van der Waals surface area contributed by atoms with Gasteiger partial charge in [0.2, 0.25) is 5.91 Å². The van der Waals surface area contributed by atoms with E-state index in [0.29, 0.717) is 24.9 Å². The monoisotopic (exact) mass is 371 g/mol. The van der Waals surface area contributed by atoms with Crippen LogP contribution in [0.4, 0.5) is 0 Å². The predicted molar refractivity (Wildman–Crippen MR) is 105 cm³/mol. The van der Waals surface area contributed by atoms with Crippen LogP contribution in [0.3, 0.4) is 0 Å². The predicted octanol–water partition coefficient (Wildman–Crippen LogP) is 3.59. The Morgan fingerprint density at radius 3 is 2.81 bits per heavy atom. The van der Waals surface area contributed by atoms with Crippen molar-refractivity contribution in [2.24, 2.45) is 22.7 Å². The minimum Gasteiger partial charge on any atom is -0.384 e. The van der Waals surface area contributed by atoms with Crippen molar-refractivity contribution in [2.75, 3.05) is 20.3 Å². The topological polar surface area (TPSA) is 47.6 Å². The molecular weight excluding hydrogens is 338 g/mol. The van der Waals surface area contributed by atoms with Gasteiger partial charge in [0.25, 0.3) is 0 Å². The molecule has 2 bridgehead atoms. The molecule has 1 aliphatic heterocycles. The molecule has 1 saturated heterocycles. The third kappa shape index (κ3) is 3.21. The summed E-state index contributed by atoms with van der Waals surface area (Å²) >= 11 is 0. The van der Waals surface area contributed by atoms with Gasteiger partial charge in [-0.25, -0.2) is 0 Å². The van der Waals surface area contributed by atoms with Crippen molar-refractivity contribution in [2.45, 2.75) is 58.1 Å². The van der Waals surface area contributed by atoms with Gasteiger partial charge < -0.3 is 14.8 Å². The van der Waals surface area contributed by atoms with E-state index < -0.39 is 0 Å². The average Bonchev–Trinajstić information content (AvgIpc) is 3.15. The fourth-order valence-electron chi connectivity index (χ4n) is 6.39. The van der Waals surface area contributed by atoms with Crippen LogP contribution in [0.15, 0.2) is 30.3 Å². The average molecular weight is 372 g/mol. The molecule has 1 heterocycles. The highest BCUT2D eigenvalue weighted by Crippen LogP contribution is 2.68. The van der Waals surface area contributed by atoms with Gasteiger partial charge in [0.15, 0.2) is 0 Å².